The predicted molar refractivity (Wildman–Crippen MR) is 75.6 cm³/mol. The molecule has 2 N–H and O–H groups in total. The van der Waals surface area contributed by atoms with Crippen LogP contribution >= 0.6 is 11.3 Å². The normalized spacial score (nSPS) is 21.7. The van der Waals surface area contributed by atoms with Crippen LogP contribution in [-0.2, 0) is 11.3 Å². The first-order valence-electron chi connectivity index (χ1n) is 6.61. The Kier molecular flexibility index (Phi) is 4.59. The number of thiazole rings is 1. The van der Waals surface area contributed by atoms with E-state index in [9.17, 15) is 9.59 Å². The van der Waals surface area contributed by atoms with E-state index in [0.717, 1.165) is 17.1 Å². The Hall–Kier alpha value is -1.63. The standard InChI is InChI=1S/C13H19N3O3S/c1-8-14-11(7-20-8)6-16(2)13(19)15-10-4-3-9(5-10)12(17)18/h7,9-10H,3-6H2,1-2H3,(H,15,19)(H,17,18). The van der Waals surface area contributed by atoms with Gasteiger partial charge in [-0.15, -0.1) is 11.3 Å². The SMILES string of the molecule is Cc1nc(CN(C)C(=O)NC2CCC(C(=O)O)C2)cs1. The van der Waals surface area contributed by atoms with Crippen molar-refractivity contribution in [2.75, 3.05) is 7.05 Å². The predicted octanol–water partition coefficient (Wildman–Crippen LogP) is 1.85. The molecule has 0 bridgehead atoms. The summed E-state index contributed by atoms with van der Waals surface area (Å²) in [4.78, 5) is 28.8. The summed E-state index contributed by atoms with van der Waals surface area (Å²) in [5, 5.41) is 14.8. The topological polar surface area (TPSA) is 82.5 Å². The lowest BCUT2D eigenvalue weighted by molar-refractivity contribution is -0.141. The quantitative estimate of drug-likeness (QED) is 0.888. The first-order chi connectivity index (χ1) is 9.45. The second-order valence-corrected chi connectivity index (χ2v) is 6.27. The van der Waals surface area contributed by atoms with Crippen LogP contribution in [0.15, 0.2) is 5.38 Å². The number of aliphatic carboxylic acids is 1. The zero-order chi connectivity index (χ0) is 14.7. The molecule has 0 spiro atoms. The number of hydrogen-bond acceptors (Lipinski definition) is 4. The molecule has 6 nitrogen and oxygen atoms in total. The van der Waals surface area contributed by atoms with Crippen molar-refractivity contribution in [1.82, 2.24) is 15.2 Å². The van der Waals surface area contributed by atoms with Crippen molar-refractivity contribution in [2.24, 2.45) is 5.92 Å². The maximum Gasteiger partial charge on any atom is 0.317 e. The van der Waals surface area contributed by atoms with Crippen LogP contribution in [0.25, 0.3) is 0 Å². The number of carbonyl (C=O) groups excluding carboxylic acids is 1. The van der Waals surface area contributed by atoms with E-state index in [-0.39, 0.29) is 18.0 Å². The summed E-state index contributed by atoms with van der Waals surface area (Å²) in [7, 11) is 1.72. The third-order valence-electron chi connectivity index (χ3n) is 3.52. The molecule has 2 amide bonds. The summed E-state index contributed by atoms with van der Waals surface area (Å²) < 4.78 is 0. The lowest BCUT2D eigenvalue weighted by atomic mass is 10.1. The minimum Gasteiger partial charge on any atom is -0.481 e. The van der Waals surface area contributed by atoms with Crippen molar-refractivity contribution in [3.8, 4) is 0 Å². The van der Waals surface area contributed by atoms with Crippen molar-refractivity contribution >= 4 is 23.3 Å². The van der Waals surface area contributed by atoms with Crippen LogP contribution in [0.3, 0.4) is 0 Å². The van der Waals surface area contributed by atoms with Gasteiger partial charge in [-0.05, 0) is 26.2 Å². The van der Waals surface area contributed by atoms with Gasteiger partial charge in [-0.2, -0.15) is 0 Å². The molecule has 1 saturated carbocycles. The lowest BCUT2D eigenvalue weighted by Crippen LogP contribution is -2.42. The van der Waals surface area contributed by atoms with Crippen molar-refractivity contribution in [3.63, 3.8) is 0 Å². The molecular weight excluding hydrogens is 278 g/mol. The first kappa shape index (κ1) is 14.8. The number of nitrogens with zero attached hydrogens (tertiary/aromatic N) is 2. The Bertz CT molecular complexity index is 503. The van der Waals surface area contributed by atoms with Gasteiger partial charge in [0.1, 0.15) is 0 Å². The molecular formula is C13H19N3O3S. The van der Waals surface area contributed by atoms with Gasteiger partial charge in [-0.3, -0.25) is 4.79 Å². The van der Waals surface area contributed by atoms with Crippen LogP contribution in [0.2, 0.25) is 0 Å². The number of carboxylic acid groups (broad SMARTS) is 1. The number of hydrogen-bond donors (Lipinski definition) is 2. The molecule has 2 atom stereocenters. The average Bonchev–Trinajstić information content (AvgIpc) is 2.98. The number of aromatic nitrogens is 1. The van der Waals surface area contributed by atoms with Crippen molar-refractivity contribution in [2.45, 2.75) is 38.8 Å². The summed E-state index contributed by atoms with van der Waals surface area (Å²) in [5.41, 5.74) is 0.875. The van der Waals surface area contributed by atoms with Crippen LogP contribution in [-0.4, -0.2) is 40.1 Å². The third kappa shape index (κ3) is 3.69. The Morgan fingerprint density at radius 1 is 1.55 bits per heavy atom. The Morgan fingerprint density at radius 3 is 2.85 bits per heavy atom. The molecule has 1 heterocycles. The molecule has 1 aliphatic carbocycles. The number of amides is 2. The van der Waals surface area contributed by atoms with Gasteiger partial charge in [0, 0.05) is 18.5 Å². The fraction of sp³-hybridized carbons (Fsp3) is 0.615. The fourth-order valence-corrected chi connectivity index (χ4v) is 3.02. The van der Waals surface area contributed by atoms with E-state index >= 15 is 0 Å². The van der Waals surface area contributed by atoms with E-state index in [1.807, 2.05) is 12.3 Å². The van der Waals surface area contributed by atoms with Gasteiger partial charge >= 0.3 is 12.0 Å². The summed E-state index contributed by atoms with van der Waals surface area (Å²) in [6.07, 6.45) is 1.88. The molecule has 1 aromatic rings. The molecule has 2 rings (SSSR count). The van der Waals surface area contributed by atoms with E-state index in [1.165, 1.54) is 0 Å². The van der Waals surface area contributed by atoms with Gasteiger partial charge in [0.15, 0.2) is 0 Å². The van der Waals surface area contributed by atoms with Crippen molar-refractivity contribution < 1.29 is 14.7 Å². The molecule has 20 heavy (non-hydrogen) atoms. The summed E-state index contributed by atoms with van der Waals surface area (Å²) >= 11 is 1.56. The zero-order valence-electron chi connectivity index (χ0n) is 11.6. The minimum atomic E-state index is -0.770. The molecule has 0 aromatic carbocycles. The highest BCUT2D eigenvalue weighted by molar-refractivity contribution is 7.09. The number of rotatable bonds is 4. The zero-order valence-corrected chi connectivity index (χ0v) is 12.4. The summed E-state index contributed by atoms with van der Waals surface area (Å²) in [5.74, 6) is -1.10. The second kappa shape index (κ2) is 6.21. The lowest BCUT2D eigenvalue weighted by Gasteiger charge is -2.20. The smallest absolute Gasteiger partial charge is 0.317 e. The molecule has 0 aliphatic heterocycles. The molecule has 110 valence electrons. The van der Waals surface area contributed by atoms with Gasteiger partial charge in [0.05, 0.1) is 23.2 Å². The summed E-state index contributed by atoms with van der Waals surface area (Å²) in [6, 6.07) is -0.213. The van der Waals surface area contributed by atoms with E-state index < -0.39 is 5.97 Å². The van der Waals surface area contributed by atoms with Crippen LogP contribution in [0.4, 0.5) is 4.79 Å². The fourth-order valence-electron chi connectivity index (χ4n) is 2.42. The monoisotopic (exact) mass is 297 g/mol. The maximum atomic E-state index is 12.0. The minimum absolute atomic E-state index is 0.0387. The molecule has 1 aliphatic rings. The largest absolute Gasteiger partial charge is 0.481 e. The second-order valence-electron chi connectivity index (χ2n) is 5.21. The molecule has 1 fully saturated rings. The van der Waals surface area contributed by atoms with Gasteiger partial charge in [0.2, 0.25) is 0 Å². The van der Waals surface area contributed by atoms with Crippen molar-refractivity contribution in [3.05, 3.63) is 16.1 Å². The van der Waals surface area contributed by atoms with Gasteiger partial charge in [0.25, 0.3) is 0 Å². The van der Waals surface area contributed by atoms with E-state index in [0.29, 0.717) is 19.4 Å². The number of nitrogens with one attached hydrogen (secondary N) is 1. The van der Waals surface area contributed by atoms with Crippen LogP contribution in [0, 0.1) is 12.8 Å². The van der Waals surface area contributed by atoms with Crippen LogP contribution in [0.1, 0.15) is 30.0 Å². The molecule has 1 aromatic heterocycles. The maximum absolute atomic E-state index is 12.0. The molecule has 7 heteroatoms. The van der Waals surface area contributed by atoms with E-state index in [2.05, 4.69) is 10.3 Å². The first-order valence-corrected chi connectivity index (χ1v) is 7.49. The van der Waals surface area contributed by atoms with Gasteiger partial charge in [-0.1, -0.05) is 0 Å². The van der Waals surface area contributed by atoms with Gasteiger partial charge < -0.3 is 15.3 Å². The van der Waals surface area contributed by atoms with Crippen molar-refractivity contribution in [1.29, 1.82) is 0 Å². The number of urea groups is 1. The Balaban J connectivity index is 1.81. The molecule has 0 radical (unpaired) electrons. The molecule has 0 saturated heterocycles. The van der Waals surface area contributed by atoms with Crippen LogP contribution < -0.4 is 5.32 Å². The van der Waals surface area contributed by atoms with Gasteiger partial charge in [-0.25, -0.2) is 9.78 Å². The Morgan fingerprint density at radius 2 is 2.30 bits per heavy atom. The third-order valence-corrected chi connectivity index (χ3v) is 4.34. The highest BCUT2D eigenvalue weighted by Crippen LogP contribution is 2.25. The van der Waals surface area contributed by atoms with E-state index in [4.69, 9.17) is 5.11 Å². The number of aryl methyl sites for hydroxylation is 1. The molecule has 2 unspecified atom stereocenters. The highest BCUT2D eigenvalue weighted by Gasteiger charge is 2.31. The summed E-state index contributed by atoms with van der Waals surface area (Å²) in [6.45, 7) is 2.39. The van der Waals surface area contributed by atoms with Crippen LogP contribution in [0.5, 0.6) is 0 Å². The number of carboxylic acids is 1. The Labute approximate surface area is 121 Å². The number of carbonyl (C=O) groups is 2. The highest BCUT2D eigenvalue weighted by atomic mass is 32.1. The average molecular weight is 297 g/mol. The van der Waals surface area contributed by atoms with E-state index in [1.54, 1.807) is 23.3 Å².